The zero-order chi connectivity index (χ0) is 20.3. The minimum absolute atomic E-state index is 0.0760. The second kappa shape index (κ2) is 8.45. The van der Waals surface area contributed by atoms with Gasteiger partial charge in [0.15, 0.2) is 0 Å². The number of ether oxygens (including phenoxy) is 1. The topological polar surface area (TPSA) is 29.5 Å². The Labute approximate surface area is 178 Å². The number of hydrogen-bond donors (Lipinski definition) is 0. The summed E-state index contributed by atoms with van der Waals surface area (Å²) in [6.45, 7) is 1.40. The van der Waals surface area contributed by atoms with Crippen LogP contribution in [0.2, 0.25) is 0 Å². The van der Waals surface area contributed by atoms with Crippen LogP contribution in [0.4, 0.5) is 5.69 Å². The van der Waals surface area contributed by atoms with Crippen LogP contribution < -0.4 is 4.90 Å². The molecule has 0 saturated heterocycles. The van der Waals surface area contributed by atoms with Gasteiger partial charge < -0.3 is 9.64 Å². The number of para-hydroxylation sites is 1. The Morgan fingerprint density at radius 2 is 1.53 bits per heavy atom. The monoisotopic (exact) mass is 397 g/mol. The SMILES string of the molecule is O=C(C1CC(OCc2ccccc2)C1)N1CCC(c2ccccc2)c2ccccc21. The highest BCUT2D eigenvalue weighted by Gasteiger charge is 2.40. The van der Waals surface area contributed by atoms with Gasteiger partial charge in [-0.15, -0.1) is 0 Å². The molecule has 1 atom stereocenters. The molecule has 1 fully saturated rings. The van der Waals surface area contributed by atoms with Crippen molar-refractivity contribution in [2.45, 2.75) is 37.9 Å². The van der Waals surface area contributed by atoms with Gasteiger partial charge in [0.1, 0.15) is 0 Å². The van der Waals surface area contributed by atoms with Gasteiger partial charge in [0.2, 0.25) is 5.91 Å². The number of carbonyl (C=O) groups is 1. The summed E-state index contributed by atoms with van der Waals surface area (Å²) in [5, 5.41) is 0. The highest BCUT2D eigenvalue weighted by atomic mass is 16.5. The predicted molar refractivity (Wildman–Crippen MR) is 119 cm³/mol. The average molecular weight is 398 g/mol. The molecule has 0 spiro atoms. The van der Waals surface area contributed by atoms with Gasteiger partial charge in [0.25, 0.3) is 0 Å². The fraction of sp³-hybridized carbons (Fsp3) is 0.296. The molecule has 152 valence electrons. The molecular formula is C27H27NO2. The first-order chi connectivity index (χ1) is 14.8. The first-order valence-corrected chi connectivity index (χ1v) is 10.9. The van der Waals surface area contributed by atoms with Crippen molar-refractivity contribution >= 4 is 11.6 Å². The van der Waals surface area contributed by atoms with Gasteiger partial charge in [0.05, 0.1) is 12.7 Å². The summed E-state index contributed by atoms with van der Waals surface area (Å²) >= 11 is 0. The molecule has 1 aliphatic heterocycles. The third-order valence-electron chi connectivity index (χ3n) is 6.48. The molecule has 0 N–H and O–H groups in total. The number of anilines is 1. The number of fused-ring (bicyclic) bond motifs is 1. The first-order valence-electron chi connectivity index (χ1n) is 10.9. The van der Waals surface area contributed by atoms with Gasteiger partial charge in [0, 0.05) is 24.1 Å². The molecule has 3 aromatic rings. The van der Waals surface area contributed by atoms with E-state index in [-0.39, 0.29) is 17.9 Å². The Morgan fingerprint density at radius 3 is 2.30 bits per heavy atom. The smallest absolute Gasteiger partial charge is 0.230 e. The Morgan fingerprint density at radius 1 is 0.867 bits per heavy atom. The molecule has 1 unspecified atom stereocenters. The predicted octanol–water partition coefficient (Wildman–Crippen LogP) is 5.55. The molecule has 0 bridgehead atoms. The number of carbonyl (C=O) groups excluding carboxylic acids is 1. The van der Waals surface area contributed by atoms with E-state index >= 15 is 0 Å². The largest absolute Gasteiger partial charge is 0.373 e. The van der Waals surface area contributed by atoms with Crippen molar-refractivity contribution in [3.63, 3.8) is 0 Å². The molecule has 0 aromatic heterocycles. The summed E-state index contributed by atoms with van der Waals surface area (Å²) in [6.07, 6.45) is 2.81. The van der Waals surface area contributed by atoms with E-state index in [4.69, 9.17) is 4.74 Å². The van der Waals surface area contributed by atoms with Gasteiger partial charge in [-0.25, -0.2) is 0 Å². The van der Waals surface area contributed by atoms with E-state index in [1.54, 1.807) is 0 Å². The van der Waals surface area contributed by atoms with E-state index in [0.717, 1.165) is 31.5 Å². The van der Waals surface area contributed by atoms with E-state index in [0.29, 0.717) is 12.5 Å². The molecule has 1 amide bonds. The molecule has 3 heteroatoms. The van der Waals surface area contributed by atoms with Crippen LogP contribution >= 0.6 is 0 Å². The van der Waals surface area contributed by atoms with Gasteiger partial charge in [-0.3, -0.25) is 4.79 Å². The Bertz CT molecular complexity index is 996. The molecule has 1 heterocycles. The number of rotatable bonds is 5. The van der Waals surface area contributed by atoms with Crippen LogP contribution in [0.25, 0.3) is 0 Å². The summed E-state index contributed by atoms with van der Waals surface area (Å²) in [7, 11) is 0. The van der Waals surface area contributed by atoms with Gasteiger partial charge in [-0.1, -0.05) is 78.9 Å². The number of benzene rings is 3. The van der Waals surface area contributed by atoms with Crippen molar-refractivity contribution in [3.8, 4) is 0 Å². The van der Waals surface area contributed by atoms with Crippen molar-refractivity contribution in [2.75, 3.05) is 11.4 Å². The number of hydrogen-bond acceptors (Lipinski definition) is 2. The molecule has 0 radical (unpaired) electrons. The Kier molecular flexibility index (Phi) is 5.37. The molecule has 3 aromatic carbocycles. The molecule has 1 aliphatic carbocycles. The summed E-state index contributed by atoms with van der Waals surface area (Å²) in [4.78, 5) is 15.3. The highest BCUT2D eigenvalue weighted by molar-refractivity contribution is 5.97. The lowest BCUT2D eigenvalue weighted by Crippen LogP contribution is -2.46. The number of nitrogens with zero attached hydrogens (tertiary/aromatic N) is 1. The second-order valence-electron chi connectivity index (χ2n) is 8.39. The van der Waals surface area contributed by atoms with Crippen LogP contribution in [0.1, 0.15) is 41.9 Å². The van der Waals surface area contributed by atoms with E-state index in [1.807, 2.05) is 29.2 Å². The maximum absolute atomic E-state index is 13.3. The van der Waals surface area contributed by atoms with Gasteiger partial charge in [-0.2, -0.15) is 0 Å². The summed E-state index contributed by atoms with van der Waals surface area (Å²) in [5.41, 5.74) is 4.86. The minimum Gasteiger partial charge on any atom is -0.373 e. The molecule has 5 rings (SSSR count). The zero-order valence-electron chi connectivity index (χ0n) is 17.1. The van der Waals surface area contributed by atoms with Crippen molar-refractivity contribution in [3.05, 3.63) is 102 Å². The Hall–Kier alpha value is -2.91. The van der Waals surface area contributed by atoms with Gasteiger partial charge >= 0.3 is 0 Å². The zero-order valence-corrected chi connectivity index (χ0v) is 17.1. The van der Waals surface area contributed by atoms with Crippen molar-refractivity contribution in [1.29, 1.82) is 0 Å². The number of amides is 1. The lowest BCUT2D eigenvalue weighted by atomic mass is 9.79. The summed E-state index contributed by atoms with van der Waals surface area (Å²) < 4.78 is 6.01. The van der Waals surface area contributed by atoms with Crippen molar-refractivity contribution in [1.82, 2.24) is 0 Å². The lowest BCUT2D eigenvalue weighted by molar-refractivity contribution is -0.132. The van der Waals surface area contributed by atoms with Crippen LogP contribution in [0.3, 0.4) is 0 Å². The Balaban J connectivity index is 1.24. The van der Waals surface area contributed by atoms with Crippen LogP contribution in [-0.2, 0) is 16.1 Å². The molecule has 3 nitrogen and oxygen atoms in total. The maximum Gasteiger partial charge on any atom is 0.230 e. The van der Waals surface area contributed by atoms with Gasteiger partial charge in [-0.05, 0) is 42.0 Å². The standard InChI is InChI=1S/C27H27NO2/c29-27(22-17-23(18-22)30-19-20-9-3-1-4-10-20)28-16-15-24(21-11-5-2-6-12-21)25-13-7-8-14-26(25)28/h1-14,22-24H,15-19H2. The average Bonchev–Trinajstić information content (AvgIpc) is 2.78. The van der Waals surface area contributed by atoms with Crippen LogP contribution in [-0.4, -0.2) is 18.6 Å². The molecular weight excluding hydrogens is 370 g/mol. The molecule has 30 heavy (non-hydrogen) atoms. The molecule has 1 saturated carbocycles. The van der Waals surface area contributed by atoms with E-state index in [2.05, 4.69) is 60.7 Å². The van der Waals surface area contributed by atoms with Crippen molar-refractivity contribution in [2.24, 2.45) is 5.92 Å². The third kappa shape index (κ3) is 3.78. The third-order valence-corrected chi connectivity index (χ3v) is 6.48. The molecule has 2 aliphatic rings. The van der Waals surface area contributed by atoms with Crippen LogP contribution in [0.15, 0.2) is 84.9 Å². The summed E-state index contributed by atoms with van der Waals surface area (Å²) in [6, 6.07) is 29.3. The minimum atomic E-state index is 0.0760. The maximum atomic E-state index is 13.3. The van der Waals surface area contributed by atoms with Crippen LogP contribution in [0, 0.1) is 5.92 Å². The fourth-order valence-corrected chi connectivity index (χ4v) is 4.73. The van der Waals surface area contributed by atoms with E-state index in [9.17, 15) is 4.79 Å². The van der Waals surface area contributed by atoms with Crippen LogP contribution in [0.5, 0.6) is 0 Å². The summed E-state index contributed by atoms with van der Waals surface area (Å²) in [5.74, 6) is 0.690. The van der Waals surface area contributed by atoms with E-state index in [1.165, 1.54) is 16.7 Å². The second-order valence-corrected chi connectivity index (χ2v) is 8.39. The fourth-order valence-electron chi connectivity index (χ4n) is 4.73. The highest BCUT2D eigenvalue weighted by Crippen LogP contribution is 2.41. The van der Waals surface area contributed by atoms with E-state index < -0.39 is 0 Å². The first kappa shape index (κ1) is 19.1. The normalized spacial score (nSPS) is 22.8. The van der Waals surface area contributed by atoms with Crippen molar-refractivity contribution < 1.29 is 9.53 Å². The lowest BCUT2D eigenvalue weighted by Gasteiger charge is -2.40. The quantitative estimate of drug-likeness (QED) is 0.565.